The Morgan fingerprint density at radius 2 is 1.11 bits per heavy atom. The monoisotopic (exact) mass is 610 g/mol. The molecule has 0 N–H and O–H groups in total. The van der Waals surface area contributed by atoms with E-state index in [0.29, 0.717) is 5.92 Å². The zero-order valence-corrected chi connectivity index (χ0v) is 26.6. The van der Waals surface area contributed by atoms with Gasteiger partial charge in [-0.15, -0.1) is 0 Å². The molecule has 8 aromatic rings. The highest BCUT2D eigenvalue weighted by molar-refractivity contribution is 8.17. The third-order valence-corrected chi connectivity index (χ3v) is 11.9. The van der Waals surface area contributed by atoms with Gasteiger partial charge in [0.15, 0.2) is 0 Å². The highest BCUT2D eigenvalue weighted by Crippen LogP contribution is 2.52. The van der Waals surface area contributed by atoms with Crippen molar-refractivity contribution in [1.82, 2.24) is 9.13 Å². The number of hydrogen-bond acceptors (Lipinski definition) is 0. The Hall–Kier alpha value is -5.25. The van der Waals surface area contributed by atoms with Crippen molar-refractivity contribution in [2.75, 3.05) is 0 Å². The molecule has 0 saturated heterocycles. The molecule has 1 atom stereocenters. The van der Waals surface area contributed by atoms with E-state index in [2.05, 4.69) is 180 Å². The maximum Gasteiger partial charge on any atom is 0.0548 e. The summed E-state index contributed by atoms with van der Waals surface area (Å²) in [4.78, 5) is 4.07. The fraction of sp³-hybridized carbons (Fsp3) is 0.0698. The maximum absolute atomic E-state index is 2.49. The molecule has 0 amide bonds. The van der Waals surface area contributed by atoms with E-state index in [1.165, 1.54) is 70.0 Å². The van der Waals surface area contributed by atoms with E-state index in [-0.39, 0.29) is 0 Å². The van der Waals surface area contributed by atoms with Crippen molar-refractivity contribution in [3.63, 3.8) is 0 Å². The molecule has 0 bridgehead atoms. The van der Waals surface area contributed by atoms with Gasteiger partial charge in [0.1, 0.15) is 0 Å². The summed E-state index contributed by atoms with van der Waals surface area (Å²) in [7, 11) is -0.712. The number of nitrogens with zero attached hydrogens (tertiary/aromatic N) is 2. The molecule has 0 spiro atoms. The number of para-hydroxylation sites is 2. The van der Waals surface area contributed by atoms with Gasteiger partial charge >= 0.3 is 0 Å². The molecule has 2 nitrogen and oxygen atoms in total. The van der Waals surface area contributed by atoms with Gasteiger partial charge in [0.25, 0.3) is 0 Å². The standard InChI is InChI=1S/C43H34N2S/c1-30-15-13-26-38-41(30)43-40(44(38)31-16-5-2-6-17-31)28-27-39-42(43)36-24-11-12-25-37(36)45(39)32-18-14-23-35(29-32)46(33-19-7-3-8-20-33)34-21-9-4-10-22-34/h2-14,16-30,46H,15H2,1H3. The number of benzene rings is 6. The molecule has 0 aliphatic heterocycles. The summed E-state index contributed by atoms with van der Waals surface area (Å²) >= 11 is 0. The molecule has 222 valence electrons. The van der Waals surface area contributed by atoms with Gasteiger partial charge in [-0.1, -0.05) is 91.9 Å². The minimum atomic E-state index is -0.712. The van der Waals surface area contributed by atoms with Crippen LogP contribution in [-0.4, -0.2) is 9.13 Å². The minimum absolute atomic E-state index is 0.434. The predicted octanol–water partition coefficient (Wildman–Crippen LogP) is 11.7. The average molecular weight is 611 g/mol. The van der Waals surface area contributed by atoms with Crippen LogP contribution in [0.1, 0.15) is 30.5 Å². The first-order chi connectivity index (χ1) is 22.8. The number of fused-ring (bicyclic) bond motifs is 7. The van der Waals surface area contributed by atoms with Crippen LogP contribution in [0.25, 0.3) is 50.2 Å². The van der Waals surface area contributed by atoms with Crippen molar-refractivity contribution in [3.8, 4) is 11.4 Å². The average Bonchev–Trinajstić information content (AvgIpc) is 3.63. The van der Waals surface area contributed by atoms with Crippen molar-refractivity contribution in [3.05, 3.63) is 169 Å². The molecule has 9 rings (SSSR count). The Morgan fingerprint density at radius 1 is 0.522 bits per heavy atom. The van der Waals surface area contributed by atoms with Gasteiger partial charge in [-0.3, -0.25) is 0 Å². The van der Waals surface area contributed by atoms with Crippen LogP contribution < -0.4 is 0 Å². The molecule has 0 radical (unpaired) electrons. The van der Waals surface area contributed by atoms with Gasteiger partial charge in [-0.05, 0) is 111 Å². The van der Waals surface area contributed by atoms with E-state index in [4.69, 9.17) is 0 Å². The molecule has 6 aromatic carbocycles. The first-order valence-corrected chi connectivity index (χ1v) is 17.5. The second kappa shape index (κ2) is 11.0. The Balaban J connectivity index is 1.33. The third kappa shape index (κ3) is 4.19. The van der Waals surface area contributed by atoms with Gasteiger partial charge in [-0.2, -0.15) is 10.9 Å². The summed E-state index contributed by atoms with van der Waals surface area (Å²) in [5.41, 5.74) is 8.94. The maximum atomic E-state index is 2.49. The molecule has 2 aromatic heterocycles. The lowest BCUT2D eigenvalue weighted by Crippen LogP contribution is -2.02. The molecule has 2 heterocycles. The van der Waals surface area contributed by atoms with Crippen molar-refractivity contribution in [1.29, 1.82) is 0 Å². The summed E-state index contributed by atoms with van der Waals surface area (Å²) in [5.74, 6) is 0.434. The number of thiol groups is 1. The highest BCUT2D eigenvalue weighted by atomic mass is 32.2. The summed E-state index contributed by atoms with van der Waals surface area (Å²) in [6.07, 6.45) is 5.74. The zero-order valence-electron chi connectivity index (χ0n) is 25.7. The van der Waals surface area contributed by atoms with E-state index in [9.17, 15) is 0 Å². The molecule has 0 saturated carbocycles. The smallest absolute Gasteiger partial charge is 0.0548 e. The van der Waals surface area contributed by atoms with Gasteiger partial charge < -0.3 is 9.13 Å². The number of aromatic nitrogens is 2. The summed E-state index contributed by atoms with van der Waals surface area (Å²) < 4.78 is 4.96. The SMILES string of the molecule is CC1CC=Cc2c1c1c3c4ccccc4n(-c4cccc([SH](c5ccccc5)c5ccccc5)c4)c3ccc1n2-c1ccccc1. The molecule has 1 aliphatic rings. The Morgan fingerprint density at radius 3 is 1.83 bits per heavy atom. The molecular weight excluding hydrogens is 577 g/mol. The summed E-state index contributed by atoms with van der Waals surface area (Å²) in [6.45, 7) is 2.38. The van der Waals surface area contributed by atoms with E-state index in [1.54, 1.807) is 0 Å². The van der Waals surface area contributed by atoms with Gasteiger partial charge in [-0.25, -0.2) is 0 Å². The first-order valence-electron chi connectivity index (χ1n) is 16.1. The van der Waals surface area contributed by atoms with Crippen LogP contribution in [0.3, 0.4) is 0 Å². The summed E-state index contributed by atoms with van der Waals surface area (Å²) in [5, 5.41) is 4.03. The van der Waals surface area contributed by atoms with Gasteiger partial charge in [0.2, 0.25) is 0 Å². The van der Waals surface area contributed by atoms with Gasteiger partial charge in [0.05, 0.1) is 22.2 Å². The topological polar surface area (TPSA) is 9.86 Å². The molecular formula is C43H34N2S. The van der Waals surface area contributed by atoms with Crippen LogP contribution in [0.2, 0.25) is 0 Å². The zero-order chi connectivity index (χ0) is 30.6. The molecule has 0 fully saturated rings. The number of hydrogen-bond donors (Lipinski definition) is 1. The Bertz CT molecular complexity index is 2360. The lowest BCUT2D eigenvalue weighted by Gasteiger charge is -2.24. The fourth-order valence-electron chi connectivity index (χ4n) is 7.56. The lowest BCUT2D eigenvalue weighted by atomic mass is 9.89. The van der Waals surface area contributed by atoms with Crippen LogP contribution in [-0.2, 0) is 0 Å². The van der Waals surface area contributed by atoms with E-state index in [0.717, 1.165) is 6.42 Å². The van der Waals surface area contributed by atoms with E-state index in [1.807, 2.05) is 0 Å². The Kier molecular flexibility index (Phi) is 6.46. The van der Waals surface area contributed by atoms with Crippen LogP contribution in [0.5, 0.6) is 0 Å². The second-order valence-corrected chi connectivity index (χ2v) is 14.5. The number of rotatable bonds is 5. The Labute approximate surface area is 272 Å². The van der Waals surface area contributed by atoms with Crippen molar-refractivity contribution >= 4 is 49.7 Å². The highest BCUT2D eigenvalue weighted by Gasteiger charge is 2.27. The van der Waals surface area contributed by atoms with Crippen LogP contribution >= 0.6 is 10.9 Å². The normalized spacial score (nSPS) is 14.6. The van der Waals surface area contributed by atoms with Crippen molar-refractivity contribution < 1.29 is 0 Å². The quantitative estimate of drug-likeness (QED) is 0.186. The third-order valence-electron chi connectivity index (χ3n) is 9.49. The predicted molar refractivity (Wildman–Crippen MR) is 196 cm³/mol. The first kappa shape index (κ1) is 27.1. The molecule has 1 unspecified atom stereocenters. The van der Waals surface area contributed by atoms with Crippen molar-refractivity contribution in [2.24, 2.45) is 0 Å². The van der Waals surface area contributed by atoms with E-state index >= 15 is 0 Å². The number of allylic oxidation sites excluding steroid dienone is 1. The van der Waals surface area contributed by atoms with E-state index < -0.39 is 10.9 Å². The molecule has 46 heavy (non-hydrogen) atoms. The summed E-state index contributed by atoms with van der Waals surface area (Å²) in [6, 6.07) is 55.7. The minimum Gasteiger partial charge on any atom is -0.310 e. The fourth-order valence-corrected chi connectivity index (χ4v) is 9.89. The largest absolute Gasteiger partial charge is 0.310 e. The van der Waals surface area contributed by atoms with Gasteiger partial charge in [0, 0.05) is 27.5 Å². The second-order valence-electron chi connectivity index (χ2n) is 12.2. The molecule has 1 aliphatic carbocycles. The van der Waals surface area contributed by atoms with Crippen LogP contribution in [0, 0.1) is 0 Å². The lowest BCUT2D eigenvalue weighted by molar-refractivity contribution is 0.773. The van der Waals surface area contributed by atoms with Crippen LogP contribution in [0.4, 0.5) is 0 Å². The molecule has 3 heteroatoms. The van der Waals surface area contributed by atoms with Crippen molar-refractivity contribution in [2.45, 2.75) is 33.9 Å². The van der Waals surface area contributed by atoms with Crippen LogP contribution in [0.15, 0.2) is 172 Å².